The van der Waals surface area contributed by atoms with Gasteiger partial charge < -0.3 is 10.1 Å². The van der Waals surface area contributed by atoms with Crippen molar-refractivity contribution in [3.63, 3.8) is 0 Å². The Morgan fingerprint density at radius 1 is 1.15 bits per heavy atom. The molecule has 1 aliphatic carbocycles. The second-order valence-electron chi connectivity index (χ2n) is 6.37. The van der Waals surface area contributed by atoms with Gasteiger partial charge in [0.15, 0.2) is 0 Å². The van der Waals surface area contributed by atoms with Gasteiger partial charge in [0.2, 0.25) is 0 Å². The molecule has 0 bridgehead atoms. The van der Waals surface area contributed by atoms with Gasteiger partial charge in [-0.15, -0.1) is 0 Å². The zero-order valence-corrected chi connectivity index (χ0v) is 15.3. The van der Waals surface area contributed by atoms with Crippen LogP contribution in [0.1, 0.15) is 17.5 Å². The summed E-state index contributed by atoms with van der Waals surface area (Å²) < 4.78 is 5.61. The van der Waals surface area contributed by atoms with Crippen molar-refractivity contribution in [2.75, 3.05) is 13.2 Å². The van der Waals surface area contributed by atoms with Crippen LogP contribution in [0.15, 0.2) is 42.5 Å². The van der Waals surface area contributed by atoms with Crippen molar-refractivity contribution in [1.29, 1.82) is 0 Å². The molecule has 5 nitrogen and oxygen atoms in total. The van der Waals surface area contributed by atoms with Crippen molar-refractivity contribution in [3.8, 4) is 5.75 Å². The lowest BCUT2D eigenvalue weighted by atomic mass is 9.92. The third-order valence-corrected chi connectivity index (χ3v) is 5.42. The van der Waals surface area contributed by atoms with Crippen LogP contribution in [0.3, 0.4) is 0 Å². The number of nitrogens with zero attached hydrogens (tertiary/aromatic N) is 1. The second kappa shape index (κ2) is 6.49. The van der Waals surface area contributed by atoms with Crippen molar-refractivity contribution in [1.82, 2.24) is 10.2 Å². The number of ether oxygens (including phenoxy) is 1. The highest BCUT2D eigenvalue weighted by molar-refractivity contribution is 6.35. The molecule has 1 heterocycles. The van der Waals surface area contributed by atoms with Crippen molar-refractivity contribution in [2.24, 2.45) is 0 Å². The molecule has 7 heteroatoms. The summed E-state index contributed by atoms with van der Waals surface area (Å²) in [6, 6.07) is 12.3. The fourth-order valence-electron chi connectivity index (χ4n) is 3.63. The van der Waals surface area contributed by atoms with Crippen molar-refractivity contribution in [3.05, 3.63) is 63.6 Å². The molecule has 1 saturated heterocycles. The number of carbonyl (C=O) groups excluding carboxylic acids is 2. The van der Waals surface area contributed by atoms with Crippen LogP contribution >= 0.6 is 23.2 Å². The summed E-state index contributed by atoms with van der Waals surface area (Å²) in [5.41, 5.74) is 1.06. The summed E-state index contributed by atoms with van der Waals surface area (Å²) in [7, 11) is 0. The molecule has 1 atom stereocenters. The highest BCUT2D eigenvalue weighted by Gasteiger charge is 2.55. The number of hydrogen-bond acceptors (Lipinski definition) is 3. The van der Waals surface area contributed by atoms with Crippen LogP contribution in [0.2, 0.25) is 10.0 Å². The number of nitrogens with one attached hydrogen (secondary N) is 1. The van der Waals surface area contributed by atoms with E-state index in [1.165, 1.54) is 4.90 Å². The van der Waals surface area contributed by atoms with Gasteiger partial charge in [0.1, 0.15) is 17.9 Å². The van der Waals surface area contributed by atoms with E-state index in [4.69, 9.17) is 27.9 Å². The molecule has 2 aromatic rings. The van der Waals surface area contributed by atoms with E-state index in [0.717, 1.165) is 17.5 Å². The number of urea groups is 1. The fourth-order valence-corrected chi connectivity index (χ4v) is 4.09. The van der Waals surface area contributed by atoms with Crippen molar-refractivity contribution in [2.45, 2.75) is 18.4 Å². The molecule has 0 aromatic heterocycles. The molecule has 26 heavy (non-hydrogen) atoms. The first-order chi connectivity index (χ1) is 12.5. The lowest BCUT2D eigenvalue weighted by Crippen LogP contribution is -2.42. The Labute approximate surface area is 160 Å². The van der Waals surface area contributed by atoms with Crippen LogP contribution in [-0.2, 0) is 16.8 Å². The van der Waals surface area contributed by atoms with Crippen molar-refractivity contribution < 1.29 is 14.3 Å². The third-order valence-electron chi connectivity index (χ3n) is 4.89. The maximum Gasteiger partial charge on any atom is 0.325 e. The number of rotatable bonds is 4. The highest BCUT2D eigenvalue weighted by atomic mass is 35.5. The molecule has 1 N–H and O–H groups in total. The predicted octanol–water partition coefficient (Wildman–Crippen LogP) is 3.77. The Morgan fingerprint density at radius 2 is 1.96 bits per heavy atom. The molecule has 0 radical (unpaired) electrons. The Kier molecular flexibility index (Phi) is 4.29. The van der Waals surface area contributed by atoms with E-state index in [1.54, 1.807) is 18.2 Å². The van der Waals surface area contributed by atoms with Gasteiger partial charge in [-0.3, -0.25) is 9.69 Å². The molecule has 1 fully saturated rings. The Bertz CT molecular complexity index is 902. The van der Waals surface area contributed by atoms with Gasteiger partial charge in [-0.05, 0) is 42.2 Å². The van der Waals surface area contributed by atoms with Gasteiger partial charge in [-0.1, -0.05) is 47.5 Å². The minimum atomic E-state index is -0.939. The average Bonchev–Trinajstić information content (AvgIpc) is 3.10. The quantitative estimate of drug-likeness (QED) is 0.808. The summed E-state index contributed by atoms with van der Waals surface area (Å²) >= 11 is 11.9. The Hall–Kier alpha value is -2.24. The van der Waals surface area contributed by atoms with Gasteiger partial charge in [-0.2, -0.15) is 0 Å². The molecule has 1 aliphatic heterocycles. The summed E-state index contributed by atoms with van der Waals surface area (Å²) in [6.07, 6.45) is 1.35. The number of halogens is 2. The van der Waals surface area contributed by atoms with E-state index >= 15 is 0 Å². The maximum atomic E-state index is 13.0. The monoisotopic (exact) mass is 390 g/mol. The number of aryl methyl sites for hydroxylation is 1. The lowest BCUT2D eigenvalue weighted by molar-refractivity contribution is -0.131. The first-order valence-corrected chi connectivity index (χ1v) is 9.07. The maximum absolute atomic E-state index is 13.0. The Balaban J connectivity index is 1.47. The smallest absolute Gasteiger partial charge is 0.325 e. The van der Waals surface area contributed by atoms with Crippen LogP contribution in [-0.4, -0.2) is 30.0 Å². The molecular weight excluding hydrogens is 375 g/mol. The number of imide groups is 1. The number of hydrogen-bond donors (Lipinski definition) is 1. The molecule has 2 aromatic carbocycles. The highest BCUT2D eigenvalue weighted by Crippen LogP contribution is 2.41. The Morgan fingerprint density at radius 3 is 2.77 bits per heavy atom. The van der Waals surface area contributed by atoms with E-state index in [9.17, 15) is 9.59 Å². The molecule has 0 unspecified atom stereocenters. The molecule has 2 aliphatic rings. The normalized spacial score (nSPS) is 21.2. The second-order valence-corrected chi connectivity index (χ2v) is 7.22. The molecule has 3 amide bonds. The number of carbonyl (C=O) groups is 2. The van der Waals surface area contributed by atoms with E-state index in [0.29, 0.717) is 22.2 Å². The van der Waals surface area contributed by atoms with Crippen LogP contribution in [0.5, 0.6) is 5.75 Å². The van der Waals surface area contributed by atoms with E-state index in [2.05, 4.69) is 5.32 Å². The van der Waals surface area contributed by atoms with Crippen molar-refractivity contribution >= 4 is 35.1 Å². The fraction of sp³-hybridized carbons (Fsp3) is 0.263. The van der Waals surface area contributed by atoms with E-state index in [1.807, 2.05) is 24.3 Å². The minimum Gasteiger partial charge on any atom is -0.490 e. The third kappa shape index (κ3) is 2.72. The molecule has 4 rings (SSSR count). The van der Waals surface area contributed by atoms with Crippen LogP contribution in [0, 0.1) is 0 Å². The zero-order valence-electron chi connectivity index (χ0n) is 13.8. The van der Waals surface area contributed by atoms with Crippen LogP contribution < -0.4 is 10.1 Å². The van der Waals surface area contributed by atoms with Crippen LogP contribution in [0.4, 0.5) is 4.79 Å². The first kappa shape index (κ1) is 17.2. The first-order valence-electron chi connectivity index (χ1n) is 8.31. The zero-order chi connectivity index (χ0) is 18.3. The van der Waals surface area contributed by atoms with Gasteiger partial charge in [0.05, 0.1) is 11.6 Å². The summed E-state index contributed by atoms with van der Waals surface area (Å²) in [4.78, 5) is 26.6. The molecular formula is C19H16Cl2N2O3. The number of amides is 3. The largest absolute Gasteiger partial charge is 0.490 e. The predicted molar refractivity (Wildman–Crippen MR) is 98.6 cm³/mol. The molecule has 0 saturated carbocycles. The number of fused-ring (bicyclic) bond motifs is 2. The van der Waals surface area contributed by atoms with Crippen LogP contribution in [0.25, 0.3) is 0 Å². The molecule has 134 valence electrons. The van der Waals surface area contributed by atoms with Gasteiger partial charge >= 0.3 is 6.03 Å². The molecule has 1 spiro atoms. The van der Waals surface area contributed by atoms with Gasteiger partial charge in [-0.25, -0.2) is 4.79 Å². The van der Waals surface area contributed by atoms with Gasteiger partial charge in [0, 0.05) is 5.02 Å². The summed E-state index contributed by atoms with van der Waals surface area (Å²) in [5.74, 6) is 0.238. The number of benzene rings is 2. The summed E-state index contributed by atoms with van der Waals surface area (Å²) in [6.45, 7) is 0.297. The average molecular weight is 391 g/mol. The topological polar surface area (TPSA) is 58.6 Å². The standard InChI is InChI=1S/C19H16Cl2N2O3/c20-13-5-6-16(15(21)11-13)26-10-9-23-17(24)19(22-18(23)25)8-7-12-3-1-2-4-14(12)19/h1-6,11H,7-10H2,(H,22,25)/t19-/m1/s1. The van der Waals surface area contributed by atoms with E-state index in [-0.39, 0.29) is 19.1 Å². The van der Waals surface area contributed by atoms with Gasteiger partial charge in [0.25, 0.3) is 5.91 Å². The summed E-state index contributed by atoms with van der Waals surface area (Å²) in [5, 5.41) is 3.79. The minimum absolute atomic E-state index is 0.146. The lowest BCUT2D eigenvalue weighted by Gasteiger charge is -2.22. The van der Waals surface area contributed by atoms with E-state index < -0.39 is 11.6 Å². The SMILES string of the molecule is O=C1N[C@@]2(CCc3ccccc32)C(=O)N1CCOc1ccc(Cl)cc1Cl.